The predicted molar refractivity (Wildman–Crippen MR) is 289 cm³/mol. The van der Waals surface area contributed by atoms with Crippen LogP contribution in [0.5, 0.6) is 0 Å². The van der Waals surface area contributed by atoms with Gasteiger partial charge in [-0.05, 0) is 19.3 Å². The molecule has 6 nitrogen and oxygen atoms in total. The number of carbonyl (C=O) groups excluding carboxylic acids is 3. The van der Waals surface area contributed by atoms with Gasteiger partial charge in [0.05, 0.1) is 0 Å². The fraction of sp³-hybridized carbons (Fsp3) is 0.951. The van der Waals surface area contributed by atoms with Crippen LogP contribution in [0, 0.1) is 0 Å². The number of hydrogen-bond donors (Lipinski definition) is 0. The van der Waals surface area contributed by atoms with Gasteiger partial charge >= 0.3 is 17.9 Å². The Kier molecular flexibility index (Phi) is 55.6. The van der Waals surface area contributed by atoms with Crippen LogP contribution in [0.15, 0.2) is 0 Å². The zero-order valence-electron chi connectivity index (χ0n) is 45.7. The van der Waals surface area contributed by atoms with E-state index in [1.54, 1.807) is 0 Å². The van der Waals surface area contributed by atoms with Crippen molar-refractivity contribution in [2.24, 2.45) is 0 Å². The molecule has 1 atom stereocenters. The highest BCUT2D eigenvalue weighted by atomic mass is 16.6. The van der Waals surface area contributed by atoms with Gasteiger partial charge in [-0.15, -0.1) is 0 Å². The van der Waals surface area contributed by atoms with Crippen molar-refractivity contribution in [2.45, 2.75) is 361 Å². The summed E-state index contributed by atoms with van der Waals surface area (Å²) in [6.07, 6.45) is 63.8. The summed E-state index contributed by atoms with van der Waals surface area (Å²) in [6, 6.07) is 0. The van der Waals surface area contributed by atoms with Crippen molar-refractivity contribution in [3.05, 3.63) is 0 Å². The lowest BCUT2D eigenvalue weighted by molar-refractivity contribution is -0.167. The van der Waals surface area contributed by atoms with Gasteiger partial charge in [0.25, 0.3) is 0 Å². The first kappa shape index (κ1) is 65.4. The third-order valence-corrected chi connectivity index (χ3v) is 14.1. The van der Waals surface area contributed by atoms with Gasteiger partial charge in [0, 0.05) is 19.3 Å². The molecule has 0 bridgehead atoms. The topological polar surface area (TPSA) is 78.9 Å². The minimum atomic E-state index is -0.761. The monoisotopic (exact) mass is 947 g/mol. The smallest absolute Gasteiger partial charge is 0.306 e. The molecule has 0 radical (unpaired) electrons. The Bertz CT molecular complexity index is 998. The van der Waals surface area contributed by atoms with Gasteiger partial charge < -0.3 is 14.2 Å². The molecule has 0 aliphatic carbocycles. The maximum Gasteiger partial charge on any atom is 0.306 e. The average molecular weight is 948 g/mol. The van der Waals surface area contributed by atoms with E-state index in [9.17, 15) is 14.4 Å². The summed E-state index contributed by atoms with van der Waals surface area (Å²) in [6.45, 7) is 6.72. The lowest BCUT2D eigenvalue weighted by atomic mass is 10.0. The van der Waals surface area contributed by atoms with Crippen LogP contribution in [0.4, 0.5) is 0 Å². The Morgan fingerprint density at radius 1 is 0.239 bits per heavy atom. The van der Waals surface area contributed by atoms with Crippen molar-refractivity contribution >= 4 is 17.9 Å². The highest BCUT2D eigenvalue weighted by molar-refractivity contribution is 5.71. The van der Waals surface area contributed by atoms with E-state index in [4.69, 9.17) is 14.2 Å². The van der Waals surface area contributed by atoms with Gasteiger partial charge in [0.2, 0.25) is 0 Å². The summed E-state index contributed by atoms with van der Waals surface area (Å²) < 4.78 is 16.9. The molecule has 0 aromatic heterocycles. The first-order chi connectivity index (χ1) is 33.0. The van der Waals surface area contributed by atoms with E-state index >= 15 is 0 Å². The van der Waals surface area contributed by atoms with Gasteiger partial charge in [-0.1, -0.05) is 316 Å². The summed E-state index contributed by atoms with van der Waals surface area (Å²) in [5.74, 6) is -0.828. The van der Waals surface area contributed by atoms with Crippen molar-refractivity contribution < 1.29 is 28.6 Å². The van der Waals surface area contributed by atoms with Crippen LogP contribution in [0.3, 0.4) is 0 Å². The van der Waals surface area contributed by atoms with Crippen molar-refractivity contribution in [3.63, 3.8) is 0 Å². The molecule has 0 amide bonds. The van der Waals surface area contributed by atoms with Gasteiger partial charge in [-0.25, -0.2) is 0 Å². The van der Waals surface area contributed by atoms with Crippen molar-refractivity contribution in [3.8, 4) is 0 Å². The molecule has 0 fully saturated rings. The minimum Gasteiger partial charge on any atom is -0.462 e. The molecule has 0 aromatic carbocycles. The van der Waals surface area contributed by atoms with Gasteiger partial charge in [-0.2, -0.15) is 0 Å². The minimum absolute atomic E-state index is 0.0607. The largest absolute Gasteiger partial charge is 0.462 e. The Labute approximate surface area is 418 Å². The molecule has 0 heterocycles. The van der Waals surface area contributed by atoms with Crippen LogP contribution < -0.4 is 0 Å². The van der Waals surface area contributed by atoms with E-state index in [2.05, 4.69) is 20.8 Å². The molecule has 6 heteroatoms. The SMILES string of the molecule is CCCCCCCCCCCCCCCCCCCCC(=O)O[C@@H](COC(=O)CCCCCCCCCCCCCCCC)COC(=O)CCCCCCCCCCCCCCCCCCC. The second-order valence-electron chi connectivity index (χ2n) is 21.0. The van der Waals surface area contributed by atoms with Crippen LogP contribution in [0.2, 0.25) is 0 Å². The molecular formula is C61H118O6. The normalized spacial score (nSPS) is 11.9. The van der Waals surface area contributed by atoms with Gasteiger partial charge in [0.15, 0.2) is 6.10 Å². The molecule has 0 saturated heterocycles. The van der Waals surface area contributed by atoms with Crippen LogP contribution in [0.1, 0.15) is 355 Å². The number of unbranched alkanes of at least 4 members (excludes halogenated alkanes) is 46. The maximum absolute atomic E-state index is 12.9. The molecule has 0 N–H and O–H groups in total. The second kappa shape index (κ2) is 57.0. The molecule has 67 heavy (non-hydrogen) atoms. The second-order valence-corrected chi connectivity index (χ2v) is 21.0. The van der Waals surface area contributed by atoms with E-state index in [0.29, 0.717) is 19.3 Å². The molecule has 0 aliphatic rings. The van der Waals surface area contributed by atoms with Gasteiger partial charge in [-0.3, -0.25) is 14.4 Å². The molecule has 0 aliphatic heterocycles. The molecule has 0 unspecified atom stereocenters. The highest BCUT2D eigenvalue weighted by Gasteiger charge is 2.19. The lowest BCUT2D eigenvalue weighted by Gasteiger charge is -2.18. The molecule has 0 rings (SSSR count). The number of rotatable bonds is 57. The van der Waals surface area contributed by atoms with Crippen LogP contribution in [0.25, 0.3) is 0 Å². The number of carbonyl (C=O) groups is 3. The number of ether oxygens (including phenoxy) is 3. The standard InChI is InChI=1S/C61H118O6/c1-4-7-10-13-16-19-22-25-28-30-32-34-37-40-43-46-49-52-55-61(64)67-58(56-65-59(62)53-50-47-44-41-38-35-27-24-21-18-15-12-9-6-3)57-66-60(63)54-51-48-45-42-39-36-33-31-29-26-23-20-17-14-11-8-5-2/h58H,4-57H2,1-3H3/t58-/m0/s1. The van der Waals surface area contributed by atoms with Crippen molar-refractivity contribution in [1.29, 1.82) is 0 Å². The van der Waals surface area contributed by atoms with E-state index in [1.165, 1.54) is 257 Å². The zero-order valence-corrected chi connectivity index (χ0v) is 45.7. The number of esters is 3. The summed E-state index contributed by atoms with van der Waals surface area (Å²) in [4.78, 5) is 38.2. The third kappa shape index (κ3) is 55.2. The fourth-order valence-corrected chi connectivity index (χ4v) is 9.51. The lowest BCUT2D eigenvalue weighted by Crippen LogP contribution is -2.30. The summed E-state index contributed by atoms with van der Waals surface area (Å²) >= 11 is 0. The maximum atomic E-state index is 12.9. The fourth-order valence-electron chi connectivity index (χ4n) is 9.51. The average Bonchev–Trinajstić information content (AvgIpc) is 3.33. The van der Waals surface area contributed by atoms with E-state index in [1.807, 2.05) is 0 Å². The summed E-state index contributed by atoms with van der Waals surface area (Å²) in [7, 11) is 0. The van der Waals surface area contributed by atoms with Crippen LogP contribution in [-0.4, -0.2) is 37.2 Å². The van der Waals surface area contributed by atoms with E-state index in [-0.39, 0.29) is 31.1 Å². The molecule has 398 valence electrons. The highest BCUT2D eigenvalue weighted by Crippen LogP contribution is 2.18. The molecule has 0 aromatic rings. The van der Waals surface area contributed by atoms with Crippen LogP contribution >= 0.6 is 0 Å². The molecule has 0 spiro atoms. The van der Waals surface area contributed by atoms with E-state index in [0.717, 1.165) is 57.8 Å². The Hall–Kier alpha value is -1.59. The third-order valence-electron chi connectivity index (χ3n) is 14.1. The quantitative estimate of drug-likeness (QED) is 0.0343. The zero-order chi connectivity index (χ0) is 48.6. The van der Waals surface area contributed by atoms with Crippen LogP contribution in [-0.2, 0) is 28.6 Å². The van der Waals surface area contributed by atoms with Gasteiger partial charge in [0.1, 0.15) is 13.2 Å². The van der Waals surface area contributed by atoms with E-state index < -0.39 is 6.10 Å². The molecule has 0 saturated carbocycles. The van der Waals surface area contributed by atoms with Crippen molar-refractivity contribution in [2.75, 3.05) is 13.2 Å². The summed E-state index contributed by atoms with van der Waals surface area (Å²) in [5.41, 5.74) is 0. The first-order valence-corrected chi connectivity index (χ1v) is 30.5. The molecular weight excluding hydrogens is 829 g/mol. The Morgan fingerprint density at radius 3 is 0.597 bits per heavy atom. The Balaban J connectivity index is 4.28. The Morgan fingerprint density at radius 2 is 0.403 bits per heavy atom. The first-order valence-electron chi connectivity index (χ1n) is 30.5. The van der Waals surface area contributed by atoms with Crippen molar-refractivity contribution in [1.82, 2.24) is 0 Å². The summed E-state index contributed by atoms with van der Waals surface area (Å²) in [5, 5.41) is 0. The number of hydrogen-bond acceptors (Lipinski definition) is 6. The predicted octanol–water partition coefficient (Wildman–Crippen LogP) is 20.3.